The number of amides is 1. The molecule has 0 atom stereocenters. The highest BCUT2D eigenvalue weighted by Crippen LogP contribution is 2.45. The minimum atomic E-state index is -3.79. The Hall–Kier alpha value is -2.13. The molecule has 2 aliphatic carbocycles. The molecule has 1 aromatic carbocycles. The first kappa shape index (κ1) is 17.7. The quantitative estimate of drug-likeness (QED) is 0.622. The van der Waals surface area contributed by atoms with Crippen LogP contribution in [0.4, 0.5) is 0 Å². The van der Waals surface area contributed by atoms with Gasteiger partial charge in [-0.15, -0.1) is 0 Å². The van der Waals surface area contributed by atoms with Crippen molar-refractivity contribution in [3.05, 3.63) is 23.8 Å². The molecule has 0 heterocycles. The Morgan fingerprint density at radius 2 is 2.00 bits per heavy atom. The van der Waals surface area contributed by atoms with Gasteiger partial charge in [-0.3, -0.25) is 9.59 Å². The summed E-state index contributed by atoms with van der Waals surface area (Å²) < 4.78 is 32.6. The number of rotatable bonds is 8. The van der Waals surface area contributed by atoms with Gasteiger partial charge in [-0.2, -0.15) is 0 Å². The summed E-state index contributed by atoms with van der Waals surface area (Å²) in [5.41, 5.74) is -0.747. The number of hydrogen-bond acceptors (Lipinski definition) is 5. The van der Waals surface area contributed by atoms with Crippen LogP contribution in [0.3, 0.4) is 0 Å². The van der Waals surface area contributed by atoms with Crippen molar-refractivity contribution in [2.24, 2.45) is 5.41 Å². The van der Waals surface area contributed by atoms with Crippen LogP contribution in [0.1, 0.15) is 36.0 Å². The molecule has 0 aliphatic heterocycles. The molecule has 2 aliphatic rings. The van der Waals surface area contributed by atoms with Gasteiger partial charge in [0.25, 0.3) is 5.91 Å². The van der Waals surface area contributed by atoms with Crippen LogP contribution in [-0.4, -0.2) is 45.1 Å². The van der Waals surface area contributed by atoms with Crippen molar-refractivity contribution in [1.29, 1.82) is 0 Å². The summed E-state index contributed by atoms with van der Waals surface area (Å²) in [5.74, 6) is -1.30. The van der Waals surface area contributed by atoms with Gasteiger partial charge in [0.2, 0.25) is 10.0 Å². The van der Waals surface area contributed by atoms with Gasteiger partial charge in [-0.05, 0) is 43.9 Å². The van der Waals surface area contributed by atoms with Crippen molar-refractivity contribution in [1.82, 2.24) is 10.0 Å². The van der Waals surface area contributed by atoms with E-state index in [9.17, 15) is 18.0 Å². The molecule has 0 unspecified atom stereocenters. The smallest absolute Gasteiger partial charge is 0.311 e. The van der Waals surface area contributed by atoms with Gasteiger partial charge >= 0.3 is 5.97 Å². The molecule has 2 fully saturated rings. The lowest BCUT2D eigenvalue weighted by atomic mass is 10.1. The number of ether oxygens (including phenoxy) is 1. The molecule has 136 valence electrons. The zero-order chi connectivity index (χ0) is 18.2. The Kier molecular flexibility index (Phi) is 4.46. The van der Waals surface area contributed by atoms with Gasteiger partial charge in [0, 0.05) is 18.2 Å². The number of sulfonamides is 1. The van der Waals surface area contributed by atoms with Crippen LogP contribution in [0.5, 0.6) is 5.75 Å². The predicted molar refractivity (Wildman–Crippen MR) is 88.0 cm³/mol. The summed E-state index contributed by atoms with van der Waals surface area (Å²) in [5, 5.41) is 11.7. The summed E-state index contributed by atoms with van der Waals surface area (Å²) in [7, 11) is -2.43. The molecule has 8 nitrogen and oxygen atoms in total. The van der Waals surface area contributed by atoms with E-state index in [1.165, 1.54) is 25.3 Å². The van der Waals surface area contributed by atoms with E-state index in [0.717, 1.165) is 12.8 Å². The molecular formula is C16H20N2O6S. The van der Waals surface area contributed by atoms with E-state index in [1.54, 1.807) is 0 Å². The third-order valence-electron chi connectivity index (χ3n) is 4.51. The SMILES string of the molecule is COc1ccc(C(=O)NCC2(C(=O)O)CC2)cc1S(=O)(=O)NC1CC1. The van der Waals surface area contributed by atoms with Gasteiger partial charge in [0.1, 0.15) is 10.6 Å². The Labute approximate surface area is 145 Å². The van der Waals surface area contributed by atoms with E-state index in [1.807, 2.05) is 0 Å². The number of aliphatic carboxylic acids is 1. The predicted octanol–water partition coefficient (Wildman–Crippen LogP) is 0.730. The summed E-state index contributed by atoms with van der Waals surface area (Å²) in [6, 6.07) is 4.04. The van der Waals surface area contributed by atoms with E-state index >= 15 is 0 Å². The molecule has 0 aromatic heterocycles. The number of hydrogen-bond donors (Lipinski definition) is 3. The monoisotopic (exact) mass is 368 g/mol. The molecule has 0 bridgehead atoms. The molecule has 25 heavy (non-hydrogen) atoms. The molecular weight excluding hydrogens is 348 g/mol. The molecule has 2 saturated carbocycles. The van der Waals surface area contributed by atoms with Crippen LogP contribution < -0.4 is 14.8 Å². The van der Waals surface area contributed by atoms with Crippen LogP contribution >= 0.6 is 0 Å². The van der Waals surface area contributed by atoms with Crippen molar-refractivity contribution in [2.75, 3.05) is 13.7 Å². The van der Waals surface area contributed by atoms with Gasteiger partial charge < -0.3 is 15.2 Å². The number of carboxylic acid groups (broad SMARTS) is 1. The maximum absolute atomic E-state index is 12.5. The Bertz CT molecular complexity index is 812. The first-order valence-corrected chi connectivity index (χ1v) is 9.48. The summed E-state index contributed by atoms with van der Waals surface area (Å²) in [6.07, 6.45) is 2.63. The minimum absolute atomic E-state index is 0.0234. The largest absolute Gasteiger partial charge is 0.495 e. The molecule has 9 heteroatoms. The number of carboxylic acids is 1. The van der Waals surface area contributed by atoms with Crippen molar-refractivity contribution < 1.29 is 27.9 Å². The third-order valence-corrected chi connectivity index (χ3v) is 6.05. The lowest BCUT2D eigenvalue weighted by Crippen LogP contribution is -2.34. The van der Waals surface area contributed by atoms with Crippen LogP contribution in [0.15, 0.2) is 23.1 Å². The van der Waals surface area contributed by atoms with Crippen molar-refractivity contribution >= 4 is 21.9 Å². The fourth-order valence-corrected chi connectivity index (χ4v) is 3.98. The van der Waals surface area contributed by atoms with Crippen LogP contribution in [-0.2, 0) is 14.8 Å². The Morgan fingerprint density at radius 1 is 1.32 bits per heavy atom. The first-order valence-electron chi connectivity index (χ1n) is 7.99. The third kappa shape index (κ3) is 3.77. The summed E-state index contributed by atoms with van der Waals surface area (Å²) >= 11 is 0. The standard InChI is InChI=1S/C16H20N2O6S/c1-24-12-5-2-10(8-13(12)25(22,23)18-11-3-4-11)14(19)17-9-16(6-7-16)15(20)21/h2,5,8,11,18H,3-4,6-7,9H2,1H3,(H,17,19)(H,20,21). The Balaban J connectivity index is 1.78. The van der Waals surface area contributed by atoms with E-state index in [0.29, 0.717) is 12.8 Å². The molecule has 1 amide bonds. The van der Waals surface area contributed by atoms with Gasteiger partial charge in [-0.25, -0.2) is 13.1 Å². The van der Waals surface area contributed by atoms with Crippen LogP contribution in [0.25, 0.3) is 0 Å². The van der Waals surface area contributed by atoms with Gasteiger partial charge in [0.15, 0.2) is 0 Å². The number of carbonyl (C=O) groups excluding carboxylic acids is 1. The highest BCUT2D eigenvalue weighted by Gasteiger charge is 2.50. The average Bonchev–Trinajstić information content (AvgIpc) is 3.47. The number of carbonyl (C=O) groups is 2. The van der Waals surface area contributed by atoms with Crippen molar-refractivity contribution in [2.45, 2.75) is 36.6 Å². The Morgan fingerprint density at radius 3 is 2.52 bits per heavy atom. The van der Waals surface area contributed by atoms with Crippen LogP contribution in [0.2, 0.25) is 0 Å². The van der Waals surface area contributed by atoms with Gasteiger partial charge in [-0.1, -0.05) is 0 Å². The molecule has 3 rings (SSSR count). The zero-order valence-electron chi connectivity index (χ0n) is 13.7. The second-order valence-electron chi connectivity index (χ2n) is 6.53. The summed E-state index contributed by atoms with van der Waals surface area (Å²) in [6.45, 7) is 0.0234. The van der Waals surface area contributed by atoms with Gasteiger partial charge in [0.05, 0.1) is 12.5 Å². The van der Waals surface area contributed by atoms with Crippen molar-refractivity contribution in [3.63, 3.8) is 0 Å². The van der Waals surface area contributed by atoms with E-state index in [4.69, 9.17) is 9.84 Å². The molecule has 1 aromatic rings. The maximum Gasteiger partial charge on any atom is 0.311 e. The summed E-state index contributed by atoms with van der Waals surface area (Å²) in [4.78, 5) is 23.3. The fraction of sp³-hybridized carbons (Fsp3) is 0.500. The number of methoxy groups -OCH3 is 1. The van der Waals surface area contributed by atoms with Crippen LogP contribution in [0, 0.1) is 5.41 Å². The number of benzene rings is 1. The van der Waals surface area contributed by atoms with Crippen molar-refractivity contribution in [3.8, 4) is 5.75 Å². The lowest BCUT2D eigenvalue weighted by molar-refractivity contribution is -0.143. The van der Waals surface area contributed by atoms with E-state index in [-0.39, 0.29) is 28.8 Å². The average molecular weight is 368 g/mol. The molecule has 0 saturated heterocycles. The fourth-order valence-electron chi connectivity index (χ4n) is 2.48. The second kappa shape index (κ2) is 6.30. The topological polar surface area (TPSA) is 122 Å². The normalized spacial score (nSPS) is 18.4. The maximum atomic E-state index is 12.5. The molecule has 3 N–H and O–H groups in total. The van der Waals surface area contributed by atoms with E-state index in [2.05, 4.69) is 10.0 Å². The molecule has 0 radical (unpaired) electrons. The highest BCUT2D eigenvalue weighted by atomic mass is 32.2. The number of nitrogens with one attached hydrogen (secondary N) is 2. The van der Waals surface area contributed by atoms with E-state index < -0.39 is 27.3 Å². The second-order valence-corrected chi connectivity index (χ2v) is 8.21. The first-order chi connectivity index (χ1) is 11.8. The lowest BCUT2D eigenvalue weighted by Gasteiger charge is -2.14. The zero-order valence-corrected chi connectivity index (χ0v) is 14.6. The highest BCUT2D eigenvalue weighted by molar-refractivity contribution is 7.89. The molecule has 0 spiro atoms. The minimum Gasteiger partial charge on any atom is -0.495 e.